The molecular formula is C21H15BrClFN4O2S. The predicted molar refractivity (Wildman–Crippen MR) is 128 cm³/mol. The molecule has 0 bridgehead atoms. The molecule has 2 heterocycles. The van der Waals surface area contributed by atoms with Crippen molar-refractivity contribution < 1.29 is 8.81 Å². The zero-order chi connectivity index (χ0) is 22.1. The van der Waals surface area contributed by atoms with E-state index >= 15 is 0 Å². The molecule has 31 heavy (non-hydrogen) atoms. The molecule has 0 fully saturated rings. The maximum atomic E-state index is 14.0. The Bertz CT molecular complexity index is 1350. The average Bonchev–Trinajstić information content (AvgIpc) is 3.03. The molecule has 0 aliphatic carbocycles. The van der Waals surface area contributed by atoms with Gasteiger partial charge in [-0.15, -0.1) is 0 Å². The van der Waals surface area contributed by atoms with Gasteiger partial charge in [0, 0.05) is 40.0 Å². The summed E-state index contributed by atoms with van der Waals surface area (Å²) < 4.78 is 21.5. The summed E-state index contributed by atoms with van der Waals surface area (Å²) in [7, 11) is 0. The van der Waals surface area contributed by atoms with E-state index in [1.54, 1.807) is 29.1 Å². The summed E-state index contributed by atoms with van der Waals surface area (Å²) in [5, 5.41) is 11.9. The van der Waals surface area contributed by atoms with Crippen molar-refractivity contribution in [1.29, 1.82) is 0 Å². The second-order valence-corrected chi connectivity index (χ2v) is 8.43. The summed E-state index contributed by atoms with van der Waals surface area (Å²) in [6.45, 7) is 2.01. The number of aromatic nitrogens is 2. The number of aryl methyl sites for hydroxylation is 1. The summed E-state index contributed by atoms with van der Waals surface area (Å²) in [5.41, 5.74) is 1.88. The Morgan fingerprint density at radius 1 is 1.29 bits per heavy atom. The average molecular weight is 522 g/mol. The number of hydrogen-bond acceptors (Lipinski definition) is 4. The van der Waals surface area contributed by atoms with Crippen LogP contribution in [-0.4, -0.2) is 14.9 Å². The highest BCUT2D eigenvalue weighted by molar-refractivity contribution is 9.10. The van der Waals surface area contributed by atoms with Crippen molar-refractivity contribution in [2.75, 3.05) is 10.6 Å². The summed E-state index contributed by atoms with van der Waals surface area (Å²) in [5.74, 6) is 0.0529. The number of hydrogen-bond donors (Lipinski definition) is 2. The third-order valence-electron chi connectivity index (χ3n) is 4.54. The molecule has 6 nitrogen and oxygen atoms in total. The minimum absolute atomic E-state index is 0.162. The van der Waals surface area contributed by atoms with Crippen LogP contribution in [0.4, 0.5) is 15.9 Å². The Kier molecular flexibility index (Phi) is 6.08. The van der Waals surface area contributed by atoms with Crippen LogP contribution in [0.3, 0.4) is 0 Å². The number of nitrogens with one attached hydrogen (secondary N) is 2. The largest absolute Gasteiger partial charge is 0.423 e. The van der Waals surface area contributed by atoms with Crippen LogP contribution in [0.15, 0.2) is 62.3 Å². The van der Waals surface area contributed by atoms with Crippen molar-refractivity contribution in [3.05, 3.63) is 85.5 Å². The van der Waals surface area contributed by atoms with Gasteiger partial charge in [0.05, 0.1) is 11.0 Å². The van der Waals surface area contributed by atoms with Crippen LogP contribution in [0.25, 0.3) is 11.0 Å². The van der Waals surface area contributed by atoms with Crippen molar-refractivity contribution in [1.82, 2.24) is 9.78 Å². The molecule has 0 aliphatic rings. The quantitative estimate of drug-likeness (QED) is 0.265. The van der Waals surface area contributed by atoms with E-state index in [1.165, 1.54) is 12.1 Å². The number of halogens is 3. The van der Waals surface area contributed by atoms with Crippen LogP contribution < -0.4 is 16.3 Å². The zero-order valence-corrected chi connectivity index (χ0v) is 19.2. The molecule has 4 aromatic rings. The van der Waals surface area contributed by atoms with Gasteiger partial charge >= 0.3 is 5.63 Å². The lowest BCUT2D eigenvalue weighted by atomic mass is 10.1. The lowest BCUT2D eigenvalue weighted by molar-refractivity contribution is 0.560. The lowest BCUT2D eigenvalue weighted by Crippen LogP contribution is -2.20. The first-order valence-corrected chi connectivity index (χ1v) is 10.7. The lowest BCUT2D eigenvalue weighted by Gasteiger charge is -2.10. The van der Waals surface area contributed by atoms with Gasteiger partial charge in [-0.25, -0.2) is 9.18 Å². The number of fused-ring (bicyclic) bond motifs is 1. The second kappa shape index (κ2) is 8.78. The first-order valence-electron chi connectivity index (χ1n) is 9.08. The summed E-state index contributed by atoms with van der Waals surface area (Å²) in [6.07, 6.45) is 1.70. The van der Waals surface area contributed by atoms with E-state index in [4.69, 9.17) is 28.2 Å². The van der Waals surface area contributed by atoms with E-state index in [0.29, 0.717) is 32.1 Å². The van der Waals surface area contributed by atoms with Gasteiger partial charge in [-0.1, -0.05) is 17.7 Å². The fourth-order valence-corrected chi connectivity index (χ4v) is 3.93. The smallest absolute Gasteiger partial charge is 0.336 e. The highest BCUT2D eigenvalue weighted by atomic mass is 79.9. The van der Waals surface area contributed by atoms with Gasteiger partial charge in [-0.3, -0.25) is 4.68 Å². The number of benzene rings is 2. The molecule has 0 radical (unpaired) electrons. The van der Waals surface area contributed by atoms with Crippen LogP contribution in [0.2, 0.25) is 5.02 Å². The third kappa shape index (κ3) is 4.79. The molecule has 4 rings (SSSR count). The first kappa shape index (κ1) is 21.5. The molecule has 10 heteroatoms. The van der Waals surface area contributed by atoms with Crippen molar-refractivity contribution in [2.24, 2.45) is 0 Å². The topological polar surface area (TPSA) is 72.1 Å². The molecule has 0 atom stereocenters. The number of nitrogens with zero attached hydrogens (tertiary/aromatic N) is 2. The standard InChI is InChI=1S/C21H15BrClFN4O2S/c1-11-7-19(29)30-18-8-12(5-6-13(11)18)25-21(31)26-20-15(22)10-28(27-20)9-14-16(23)3-2-4-17(14)24/h2-8,10H,9H2,1H3,(H2,25,26,27,31). The molecule has 0 aliphatic heterocycles. The van der Waals surface area contributed by atoms with Crippen molar-refractivity contribution >= 4 is 67.3 Å². The molecule has 0 saturated carbocycles. The fourth-order valence-electron chi connectivity index (χ4n) is 3.08. The predicted octanol–water partition coefficient (Wildman–Crippen LogP) is 5.71. The zero-order valence-electron chi connectivity index (χ0n) is 16.1. The second-order valence-electron chi connectivity index (χ2n) is 6.76. The van der Waals surface area contributed by atoms with Crippen LogP contribution in [0.1, 0.15) is 11.1 Å². The van der Waals surface area contributed by atoms with Crippen LogP contribution in [-0.2, 0) is 6.54 Å². The van der Waals surface area contributed by atoms with Gasteiger partial charge in [-0.05, 0) is 64.9 Å². The monoisotopic (exact) mass is 520 g/mol. The molecule has 158 valence electrons. The Morgan fingerprint density at radius 3 is 2.87 bits per heavy atom. The maximum absolute atomic E-state index is 14.0. The van der Waals surface area contributed by atoms with Crippen molar-refractivity contribution in [3.63, 3.8) is 0 Å². The molecule has 2 aromatic heterocycles. The number of rotatable bonds is 4. The SMILES string of the molecule is Cc1cc(=O)oc2cc(NC(=S)Nc3nn(Cc4c(F)cccc4Cl)cc3Br)ccc12. The maximum Gasteiger partial charge on any atom is 0.336 e. The minimum Gasteiger partial charge on any atom is -0.423 e. The molecule has 0 spiro atoms. The highest BCUT2D eigenvalue weighted by Gasteiger charge is 2.13. The molecule has 0 unspecified atom stereocenters. The normalized spacial score (nSPS) is 11.0. The molecule has 0 amide bonds. The van der Waals surface area contributed by atoms with E-state index in [-0.39, 0.29) is 11.7 Å². The third-order valence-corrected chi connectivity index (χ3v) is 5.68. The first-order chi connectivity index (χ1) is 14.8. The van der Waals surface area contributed by atoms with Gasteiger partial charge in [0.2, 0.25) is 0 Å². The molecular weight excluding hydrogens is 507 g/mol. The van der Waals surface area contributed by atoms with Crippen LogP contribution in [0.5, 0.6) is 0 Å². The van der Waals surface area contributed by atoms with Crippen molar-refractivity contribution in [2.45, 2.75) is 13.5 Å². The Balaban J connectivity index is 1.49. The summed E-state index contributed by atoms with van der Waals surface area (Å²) >= 11 is 14.9. The Morgan fingerprint density at radius 2 is 2.10 bits per heavy atom. The van der Waals surface area contributed by atoms with Gasteiger partial charge in [-0.2, -0.15) is 5.10 Å². The highest BCUT2D eigenvalue weighted by Crippen LogP contribution is 2.25. The molecule has 2 aromatic carbocycles. The Hall–Kier alpha value is -2.75. The summed E-state index contributed by atoms with van der Waals surface area (Å²) in [4.78, 5) is 11.6. The van der Waals surface area contributed by atoms with E-state index in [0.717, 1.165) is 10.9 Å². The van der Waals surface area contributed by atoms with E-state index < -0.39 is 11.4 Å². The van der Waals surface area contributed by atoms with Gasteiger partial charge < -0.3 is 15.1 Å². The van der Waals surface area contributed by atoms with Gasteiger partial charge in [0.1, 0.15) is 11.4 Å². The molecule has 0 saturated heterocycles. The minimum atomic E-state index is -0.410. The van der Waals surface area contributed by atoms with E-state index in [2.05, 4.69) is 31.7 Å². The van der Waals surface area contributed by atoms with E-state index in [9.17, 15) is 9.18 Å². The summed E-state index contributed by atoms with van der Waals surface area (Å²) in [6, 6.07) is 11.4. The molecule has 2 N–H and O–H groups in total. The van der Waals surface area contributed by atoms with Crippen LogP contribution in [0, 0.1) is 12.7 Å². The number of thiocarbonyl (C=S) groups is 1. The number of anilines is 2. The van der Waals surface area contributed by atoms with Crippen LogP contribution >= 0.6 is 39.7 Å². The fraction of sp³-hybridized carbons (Fsp3) is 0.0952. The van der Waals surface area contributed by atoms with Crippen molar-refractivity contribution in [3.8, 4) is 0 Å². The van der Waals surface area contributed by atoms with E-state index in [1.807, 2.05) is 19.1 Å². The van der Waals surface area contributed by atoms with Gasteiger partial charge in [0.25, 0.3) is 0 Å². The van der Waals surface area contributed by atoms with Gasteiger partial charge in [0.15, 0.2) is 10.9 Å². The Labute approximate surface area is 195 Å².